The second kappa shape index (κ2) is 9.24. The highest BCUT2D eigenvalue weighted by molar-refractivity contribution is 7.91. The van der Waals surface area contributed by atoms with Gasteiger partial charge in [-0.3, -0.25) is 9.47 Å². The summed E-state index contributed by atoms with van der Waals surface area (Å²) in [5.74, 6) is 1.17. The molecular weight excluding hydrogens is 452 g/mol. The van der Waals surface area contributed by atoms with E-state index in [4.69, 9.17) is 28.9 Å². The van der Waals surface area contributed by atoms with Crippen LogP contribution in [0.3, 0.4) is 0 Å². The second-order valence-corrected chi connectivity index (χ2v) is 10.8. The normalized spacial score (nSPS) is 18.0. The van der Waals surface area contributed by atoms with E-state index < -0.39 is 9.84 Å². The summed E-state index contributed by atoms with van der Waals surface area (Å²) < 4.78 is 28.4. The first-order valence-electron chi connectivity index (χ1n) is 10.3. The lowest BCUT2D eigenvalue weighted by Crippen LogP contribution is -2.38. The highest BCUT2D eigenvalue weighted by Crippen LogP contribution is 2.25. The molecule has 6 nitrogen and oxygen atoms in total. The first kappa shape index (κ1) is 22.2. The van der Waals surface area contributed by atoms with Crippen LogP contribution in [0.5, 0.6) is 0 Å². The number of rotatable bonds is 7. The first-order chi connectivity index (χ1) is 14.9. The highest BCUT2D eigenvalue weighted by Gasteiger charge is 2.32. The molecule has 1 aliphatic rings. The Labute approximate surface area is 193 Å². The first-order valence-corrected chi connectivity index (χ1v) is 12.9. The summed E-state index contributed by atoms with van der Waals surface area (Å²) in [6.45, 7) is 3.33. The van der Waals surface area contributed by atoms with Crippen molar-refractivity contribution < 1.29 is 8.42 Å². The van der Waals surface area contributed by atoms with Gasteiger partial charge in [0.25, 0.3) is 0 Å². The summed E-state index contributed by atoms with van der Waals surface area (Å²) in [6, 6.07) is 17.4. The molecule has 164 valence electrons. The molecule has 1 atom stereocenters. The molecule has 2 aromatic carbocycles. The van der Waals surface area contributed by atoms with Crippen molar-refractivity contribution in [2.45, 2.75) is 32.5 Å². The maximum absolute atomic E-state index is 12.0. The second-order valence-electron chi connectivity index (χ2n) is 7.79. The van der Waals surface area contributed by atoms with E-state index in [9.17, 15) is 8.42 Å². The summed E-state index contributed by atoms with van der Waals surface area (Å²) in [5, 5.41) is 5.51. The number of halogens is 1. The number of para-hydroxylation sites is 1. The van der Waals surface area contributed by atoms with Crippen LogP contribution in [0.4, 0.5) is 0 Å². The zero-order chi connectivity index (χ0) is 22.0. The van der Waals surface area contributed by atoms with E-state index in [1.54, 1.807) is 4.68 Å². The molecule has 0 radical (unpaired) electrons. The lowest BCUT2D eigenvalue weighted by Gasteiger charge is -2.27. The van der Waals surface area contributed by atoms with E-state index in [0.717, 1.165) is 30.0 Å². The molecule has 0 unspecified atom stereocenters. The lowest BCUT2D eigenvalue weighted by atomic mass is 10.2. The highest BCUT2D eigenvalue weighted by atomic mass is 35.5. The molecule has 31 heavy (non-hydrogen) atoms. The molecule has 0 aliphatic carbocycles. The van der Waals surface area contributed by atoms with Gasteiger partial charge in [0, 0.05) is 22.3 Å². The van der Waals surface area contributed by atoms with Crippen LogP contribution >= 0.6 is 23.8 Å². The topological polar surface area (TPSA) is 60.1 Å². The average molecular weight is 477 g/mol. The molecule has 0 spiro atoms. The zero-order valence-corrected chi connectivity index (χ0v) is 19.7. The smallest absolute Gasteiger partial charge is 0.204 e. The van der Waals surface area contributed by atoms with Gasteiger partial charge in [-0.1, -0.05) is 36.7 Å². The molecule has 1 aliphatic heterocycles. The predicted molar refractivity (Wildman–Crippen MR) is 127 cm³/mol. The van der Waals surface area contributed by atoms with Crippen molar-refractivity contribution in [3.05, 3.63) is 64.4 Å². The van der Waals surface area contributed by atoms with Crippen LogP contribution in [-0.4, -0.2) is 51.8 Å². The summed E-state index contributed by atoms with van der Waals surface area (Å²) >= 11 is 11.9. The van der Waals surface area contributed by atoms with Crippen LogP contribution in [-0.2, 0) is 16.5 Å². The van der Waals surface area contributed by atoms with Gasteiger partial charge in [0.2, 0.25) is 4.77 Å². The summed E-state index contributed by atoms with van der Waals surface area (Å²) in [6.07, 6.45) is 1.58. The van der Waals surface area contributed by atoms with E-state index in [2.05, 4.69) is 11.8 Å². The Hall–Kier alpha value is -2.00. The molecule has 0 bridgehead atoms. The van der Waals surface area contributed by atoms with Crippen LogP contribution in [0.15, 0.2) is 54.6 Å². The third-order valence-corrected chi connectivity index (χ3v) is 7.90. The minimum Gasteiger partial charge on any atom is -0.280 e. The van der Waals surface area contributed by atoms with E-state index in [1.165, 1.54) is 0 Å². The molecule has 1 aromatic heterocycles. The SMILES string of the molecule is CCCN(Cn1nc(-c2ccc(Cl)cc2)n(-c2ccccc2)c1=S)[C@H]1CCS(=O)(=O)C1. The Kier molecular flexibility index (Phi) is 6.62. The van der Waals surface area contributed by atoms with Crippen molar-refractivity contribution in [1.82, 2.24) is 19.2 Å². The standard InChI is InChI=1S/C22H25ClN4O2S2/c1-2-13-25(20-12-14-31(28,29)15-20)16-26-22(30)27(19-6-4-3-5-7-19)21(24-26)17-8-10-18(23)11-9-17/h3-11,20H,2,12-16H2,1H3/t20-/m0/s1. The van der Waals surface area contributed by atoms with Crippen molar-refractivity contribution in [3.63, 3.8) is 0 Å². The predicted octanol–water partition coefficient (Wildman–Crippen LogP) is 4.58. The third-order valence-electron chi connectivity index (χ3n) is 5.51. The summed E-state index contributed by atoms with van der Waals surface area (Å²) in [4.78, 5) is 2.19. The number of benzene rings is 2. The van der Waals surface area contributed by atoms with E-state index >= 15 is 0 Å². The third kappa shape index (κ3) is 4.92. The van der Waals surface area contributed by atoms with Gasteiger partial charge >= 0.3 is 0 Å². The Morgan fingerprint density at radius 1 is 1.16 bits per heavy atom. The summed E-state index contributed by atoms with van der Waals surface area (Å²) in [5.41, 5.74) is 1.83. The minimum atomic E-state index is -2.97. The Balaban J connectivity index is 1.76. The van der Waals surface area contributed by atoms with Crippen LogP contribution in [0, 0.1) is 4.77 Å². The maximum atomic E-state index is 12.0. The molecule has 0 N–H and O–H groups in total. The Bertz CT molecular complexity index is 1200. The van der Waals surface area contributed by atoms with Crippen molar-refractivity contribution in [2.75, 3.05) is 18.1 Å². The van der Waals surface area contributed by atoms with Crippen molar-refractivity contribution in [1.29, 1.82) is 0 Å². The maximum Gasteiger partial charge on any atom is 0.204 e. The fourth-order valence-electron chi connectivity index (χ4n) is 3.99. The van der Waals surface area contributed by atoms with Crippen LogP contribution in [0.25, 0.3) is 17.1 Å². The summed E-state index contributed by atoms with van der Waals surface area (Å²) in [7, 11) is -2.97. The molecule has 0 saturated carbocycles. The number of sulfone groups is 1. The molecule has 1 saturated heterocycles. The number of aromatic nitrogens is 3. The molecule has 0 amide bonds. The van der Waals surface area contributed by atoms with Gasteiger partial charge in [-0.05, 0) is 68.0 Å². The van der Waals surface area contributed by atoms with Gasteiger partial charge < -0.3 is 0 Å². The largest absolute Gasteiger partial charge is 0.280 e. The van der Waals surface area contributed by atoms with Gasteiger partial charge in [0.1, 0.15) is 0 Å². The average Bonchev–Trinajstić information content (AvgIpc) is 3.28. The van der Waals surface area contributed by atoms with Crippen LogP contribution in [0.2, 0.25) is 5.02 Å². The molecule has 1 fully saturated rings. The van der Waals surface area contributed by atoms with E-state index in [1.807, 2.05) is 59.2 Å². The van der Waals surface area contributed by atoms with Crippen molar-refractivity contribution in [3.8, 4) is 17.1 Å². The molecule has 3 aromatic rings. The number of nitrogens with zero attached hydrogens (tertiary/aromatic N) is 4. The molecular formula is C22H25ClN4O2S2. The fourth-order valence-corrected chi connectivity index (χ4v) is 6.16. The van der Waals surface area contributed by atoms with E-state index in [0.29, 0.717) is 22.9 Å². The minimum absolute atomic E-state index is 0.00675. The molecule has 2 heterocycles. The Morgan fingerprint density at radius 2 is 1.87 bits per heavy atom. The fraction of sp³-hybridized carbons (Fsp3) is 0.364. The monoisotopic (exact) mass is 476 g/mol. The number of hydrogen-bond donors (Lipinski definition) is 0. The number of hydrogen-bond acceptors (Lipinski definition) is 5. The quantitative estimate of drug-likeness (QED) is 0.467. The Morgan fingerprint density at radius 3 is 2.48 bits per heavy atom. The lowest BCUT2D eigenvalue weighted by molar-refractivity contribution is 0.155. The van der Waals surface area contributed by atoms with Gasteiger partial charge in [-0.25, -0.2) is 13.1 Å². The molecule has 9 heteroatoms. The van der Waals surface area contributed by atoms with Gasteiger partial charge in [0.05, 0.1) is 18.2 Å². The van der Waals surface area contributed by atoms with Gasteiger partial charge in [-0.15, -0.1) is 5.10 Å². The van der Waals surface area contributed by atoms with Gasteiger partial charge in [-0.2, -0.15) is 0 Å². The van der Waals surface area contributed by atoms with Crippen LogP contribution < -0.4 is 0 Å². The van der Waals surface area contributed by atoms with E-state index in [-0.39, 0.29) is 17.5 Å². The van der Waals surface area contributed by atoms with Crippen LogP contribution in [0.1, 0.15) is 19.8 Å². The van der Waals surface area contributed by atoms with Crippen molar-refractivity contribution >= 4 is 33.7 Å². The van der Waals surface area contributed by atoms with Gasteiger partial charge in [0.15, 0.2) is 15.7 Å². The zero-order valence-electron chi connectivity index (χ0n) is 17.3. The van der Waals surface area contributed by atoms with Crippen molar-refractivity contribution in [2.24, 2.45) is 0 Å². The molecule has 4 rings (SSSR count).